The van der Waals surface area contributed by atoms with Crippen molar-refractivity contribution in [3.05, 3.63) is 99.5 Å². The molecule has 3 aromatic rings. The molecule has 0 atom stereocenters. The average Bonchev–Trinajstić information content (AvgIpc) is 3.10. The molecule has 31 heavy (non-hydrogen) atoms. The Balaban J connectivity index is 1.36. The van der Waals surface area contributed by atoms with Crippen LogP contribution in [0.5, 0.6) is 11.5 Å². The second-order valence-electron chi connectivity index (χ2n) is 7.58. The first-order valence-electron chi connectivity index (χ1n) is 10.0. The molecule has 0 fully saturated rings. The minimum absolute atomic E-state index is 0.166. The zero-order valence-electron chi connectivity index (χ0n) is 16.6. The van der Waals surface area contributed by atoms with Gasteiger partial charge in [-0.05, 0) is 54.0 Å². The van der Waals surface area contributed by atoms with E-state index in [1.807, 2.05) is 24.3 Å². The van der Waals surface area contributed by atoms with Crippen LogP contribution in [0, 0.1) is 5.82 Å². The van der Waals surface area contributed by atoms with E-state index in [-0.39, 0.29) is 17.4 Å². The maximum atomic E-state index is 13.1. The molecule has 2 heterocycles. The summed E-state index contributed by atoms with van der Waals surface area (Å²) in [6.07, 6.45) is 2.44. The molecule has 3 aromatic carbocycles. The number of rotatable bonds is 4. The number of fused-ring (bicyclic) bond motifs is 3. The van der Waals surface area contributed by atoms with Crippen molar-refractivity contribution in [2.45, 2.75) is 13.0 Å². The van der Waals surface area contributed by atoms with E-state index in [0.717, 1.165) is 35.4 Å². The second-order valence-corrected chi connectivity index (χ2v) is 7.99. The highest BCUT2D eigenvalue weighted by Gasteiger charge is 2.33. The van der Waals surface area contributed by atoms with Gasteiger partial charge in [0.25, 0.3) is 0 Å². The summed E-state index contributed by atoms with van der Waals surface area (Å²) in [4.78, 5) is 15.0. The lowest BCUT2D eigenvalue weighted by atomic mass is 10.0. The lowest BCUT2D eigenvalue weighted by Gasteiger charge is -2.29. The highest BCUT2D eigenvalue weighted by molar-refractivity contribution is 6.32. The summed E-state index contributed by atoms with van der Waals surface area (Å²) in [5.41, 5.74) is 3.17. The van der Waals surface area contributed by atoms with Crippen LogP contribution in [0.4, 0.5) is 4.39 Å². The van der Waals surface area contributed by atoms with Gasteiger partial charge in [0.15, 0.2) is 5.76 Å². The molecule has 0 amide bonds. The molecule has 0 saturated heterocycles. The Labute approximate surface area is 184 Å². The van der Waals surface area contributed by atoms with E-state index in [9.17, 15) is 9.18 Å². The smallest absolute Gasteiger partial charge is 0.231 e. The van der Waals surface area contributed by atoms with E-state index < -0.39 is 0 Å². The Kier molecular flexibility index (Phi) is 5.22. The van der Waals surface area contributed by atoms with Crippen LogP contribution >= 0.6 is 11.6 Å². The van der Waals surface area contributed by atoms with E-state index in [2.05, 4.69) is 4.90 Å². The zero-order chi connectivity index (χ0) is 21.4. The van der Waals surface area contributed by atoms with Gasteiger partial charge in [0, 0.05) is 18.1 Å². The molecule has 0 spiro atoms. The van der Waals surface area contributed by atoms with Crippen LogP contribution in [0.25, 0.3) is 6.08 Å². The standard InChI is InChI=1S/C25H19ClFNO3/c26-21-4-2-1-3-17(21)13-23-24(29)19-9-10-22-20(25(19)31-23)14-28(15-30-22)12-11-16-5-7-18(27)8-6-16/h1-10,13H,11-12,14-15H2/b23-13-. The van der Waals surface area contributed by atoms with Gasteiger partial charge in [0.1, 0.15) is 24.0 Å². The number of hydrogen-bond acceptors (Lipinski definition) is 4. The van der Waals surface area contributed by atoms with Crippen molar-refractivity contribution in [2.75, 3.05) is 13.3 Å². The van der Waals surface area contributed by atoms with Gasteiger partial charge >= 0.3 is 0 Å². The second kappa shape index (κ2) is 8.17. The third-order valence-corrected chi connectivity index (χ3v) is 5.85. The third kappa shape index (κ3) is 3.94. The minimum Gasteiger partial charge on any atom is -0.478 e. The predicted molar refractivity (Wildman–Crippen MR) is 117 cm³/mol. The van der Waals surface area contributed by atoms with Gasteiger partial charge < -0.3 is 9.47 Å². The number of ether oxygens (including phenoxy) is 2. The number of allylic oxidation sites excluding steroid dienone is 1. The molecule has 0 radical (unpaired) electrons. The number of carbonyl (C=O) groups excluding carboxylic acids is 1. The Morgan fingerprint density at radius 2 is 1.87 bits per heavy atom. The van der Waals surface area contributed by atoms with Gasteiger partial charge in [-0.3, -0.25) is 9.69 Å². The first kappa shape index (κ1) is 19.8. The first-order valence-corrected chi connectivity index (χ1v) is 10.4. The number of benzene rings is 3. The topological polar surface area (TPSA) is 38.8 Å². The van der Waals surface area contributed by atoms with Gasteiger partial charge in [0.2, 0.25) is 5.78 Å². The number of nitrogens with zero attached hydrogens (tertiary/aromatic N) is 1. The Morgan fingerprint density at radius 1 is 1.06 bits per heavy atom. The lowest BCUT2D eigenvalue weighted by molar-refractivity contribution is 0.0949. The van der Waals surface area contributed by atoms with Crippen molar-refractivity contribution >= 4 is 23.5 Å². The fourth-order valence-electron chi connectivity index (χ4n) is 3.82. The maximum Gasteiger partial charge on any atom is 0.231 e. The molecule has 6 heteroatoms. The van der Waals surface area contributed by atoms with E-state index in [1.165, 1.54) is 12.1 Å². The van der Waals surface area contributed by atoms with Crippen molar-refractivity contribution in [3.63, 3.8) is 0 Å². The number of ketones is 1. The highest BCUT2D eigenvalue weighted by atomic mass is 35.5. The normalized spacial score (nSPS) is 16.6. The van der Waals surface area contributed by atoms with Crippen LogP contribution in [0.2, 0.25) is 5.02 Å². The summed E-state index contributed by atoms with van der Waals surface area (Å²) in [5, 5.41) is 0.555. The Hall–Kier alpha value is -3.15. The fourth-order valence-corrected chi connectivity index (χ4v) is 4.01. The highest BCUT2D eigenvalue weighted by Crippen LogP contribution is 2.42. The molecule has 0 aromatic heterocycles. The van der Waals surface area contributed by atoms with Gasteiger partial charge in [-0.15, -0.1) is 0 Å². The van der Waals surface area contributed by atoms with E-state index in [1.54, 1.807) is 30.3 Å². The maximum absolute atomic E-state index is 13.1. The summed E-state index contributed by atoms with van der Waals surface area (Å²) in [7, 11) is 0. The predicted octanol–water partition coefficient (Wildman–Crippen LogP) is 5.49. The molecule has 156 valence electrons. The van der Waals surface area contributed by atoms with Gasteiger partial charge in [-0.25, -0.2) is 4.39 Å². The zero-order valence-corrected chi connectivity index (χ0v) is 17.4. The summed E-state index contributed by atoms with van der Waals surface area (Å²) in [6.45, 7) is 1.79. The Bertz CT molecular complexity index is 1190. The van der Waals surface area contributed by atoms with Crippen LogP contribution in [0.3, 0.4) is 0 Å². The average molecular weight is 436 g/mol. The number of Topliss-reactive ketones (excluding diaryl/α,β-unsaturated/α-hetero) is 1. The summed E-state index contributed by atoms with van der Waals surface area (Å²) >= 11 is 6.23. The number of hydrogen-bond donors (Lipinski definition) is 0. The molecule has 4 nitrogen and oxygen atoms in total. The molecule has 5 rings (SSSR count). The van der Waals surface area contributed by atoms with Crippen LogP contribution < -0.4 is 9.47 Å². The quantitative estimate of drug-likeness (QED) is 0.508. The molecule has 0 saturated carbocycles. The molecule has 0 N–H and O–H groups in total. The SMILES string of the molecule is O=C1/C(=C/c2ccccc2Cl)Oc2c1ccc1c2CN(CCc2ccc(F)cc2)CO1. The van der Waals surface area contributed by atoms with E-state index >= 15 is 0 Å². The largest absolute Gasteiger partial charge is 0.478 e. The molecule has 2 aliphatic heterocycles. The van der Waals surface area contributed by atoms with Crippen LogP contribution in [0.15, 0.2) is 66.4 Å². The van der Waals surface area contributed by atoms with E-state index in [4.69, 9.17) is 21.1 Å². The van der Waals surface area contributed by atoms with Gasteiger partial charge in [-0.1, -0.05) is 41.9 Å². The lowest BCUT2D eigenvalue weighted by Crippen LogP contribution is -2.33. The van der Waals surface area contributed by atoms with Gasteiger partial charge in [0.05, 0.1) is 11.1 Å². The third-order valence-electron chi connectivity index (χ3n) is 5.50. The molecule has 0 bridgehead atoms. The monoisotopic (exact) mass is 435 g/mol. The summed E-state index contributed by atoms with van der Waals surface area (Å²) < 4.78 is 25.0. The van der Waals surface area contributed by atoms with Crippen molar-refractivity contribution in [2.24, 2.45) is 0 Å². The van der Waals surface area contributed by atoms with E-state index in [0.29, 0.717) is 29.6 Å². The Morgan fingerprint density at radius 3 is 2.68 bits per heavy atom. The molecule has 0 aliphatic carbocycles. The minimum atomic E-state index is -0.239. The van der Waals surface area contributed by atoms with Gasteiger partial charge in [-0.2, -0.15) is 0 Å². The molecule has 2 aliphatic rings. The summed E-state index contributed by atoms with van der Waals surface area (Å²) in [6, 6.07) is 17.4. The summed E-state index contributed by atoms with van der Waals surface area (Å²) in [5.74, 6) is 1.12. The first-order chi connectivity index (χ1) is 15.1. The van der Waals surface area contributed by atoms with Crippen LogP contribution in [-0.2, 0) is 13.0 Å². The fraction of sp³-hybridized carbons (Fsp3) is 0.160. The number of carbonyl (C=O) groups is 1. The van der Waals surface area contributed by atoms with Crippen molar-refractivity contribution in [1.29, 1.82) is 0 Å². The molecule has 0 unspecified atom stereocenters. The van der Waals surface area contributed by atoms with Crippen LogP contribution in [0.1, 0.15) is 27.0 Å². The molecular weight excluding hydrogens is 417 g/mol. The van der Waals surface area contributed by atoms with Crippen molar-refractivity contribution < 1.29 is 18.7 Å². The molecular formula is C25H19ClFNO3. The van der Waals surface area contributed by atoms with Crippen LogP contribution in [-0.4, -0.2) is 24.0 Å². The van der Waals surface area contributed by atoms with Crippen molar-refractivity contribution in [1.82, 2.24) is 4.90 Å². The number of halogens is 2. The van der Waals surface area contributed by atoms with Crippen molar-refractivity contribution in [3.8, 4) is 11.5 Å².